The van der Waals surface area contributed by atoms with Crippen LogP contribution in [0.5, 0.6) is 0 Å². The van der Waals surface area contributed by atoms with Gasteiger partial charge in [-0.05, 0) is 31.7 Å². The SMILES string of the molecule is C=CCN(CCC(C)C)C1CCCC1. The predicted molar refractivity (Wildman–Crippen MR) is 63.5 cm³/mol. The summed E-state index contributed by atoms with van der Waals surface area (Å²) in [5, 5.41) is 0. The van der Waals surface area contributed by atoms with Crippen LogP contribution in [0.25, 0.3) is 0 Å². The Hall–Kier alpha value is -0.300. The molecular formula is C13H25N. The van der Waals surface area contributed by atoms with E-state index < -0.39 is 0 Å². The zero-order valence-corrected chi connectivity index (χ0v) is 9.84. The van der Waals surface area contributed by atoms with E-state index in [1.807, 2.05) is 0 Å². The predicted octanol–water partition coefficient (Wildman–Crippen LogP) is 3.46. The van der Waals surface area contributed by atoms with Crippen molar-refractivity contribution in [2.24, 2.45) is 5.92 Å². The van der Waals surface area contributed by atoms with E-state index >= 15 is 0 Å². The molecule has 1 fully saturated rings. The molecule has 1 aliphatic carbocycles. The minimum atomic E-state index is 0.823. The van der Waals surface area contributed by atoms with Crippen LogP contribution in [0.15, 0.2) is 12.7 Å². The summed E-state index contributed by atoms with van der Waals surface area (Å²) in [6, 6.07) is 0.853. The van der Waals surface area contributed by atoms with E-state index in [1.165, 1.54) is 38.6 Å². The van der Waals surface area contributed by atoms with E-state index in [2.05, 4.69) is 31.4 Å². The van der Waals surface area contributed by atoms with Crippen molar-refractivity contribution >= 4 is 0 Å². The van der Waals surface area contributed by atoms with E-state index in [1.54, 1.807) is 0 Å². The molecule has 1 rings (SSSR count). The van der Waals surface area contributed by atoms with E-state index in [0.29, 0.717) is 0 Å². The number of nitrogens with zero attached hydrogens (tertiary/aromatic N) is 1. The van der Waals surface area contributed by atoms with Gasteiger partial charge in [-0.15, -0.1) is 6.58 Å². The normalized spacial score (nSPS) is 18.3. The number of hydrogen-bond donors (Lipinski definition) is 0. The molecule has 1 heteroatoms. The molecule has 0 aromatic rings. The van der Waals surface area contributed by atoms with Crippen LogP contribution in [-0.4, -0.2) is 24.0 Å². The van der Waals surface area contributed by atoms with E-state index in [-0.39, 0.29) is 0 Å². The highest BCUT2D eigenvalue weighted by atomic mass is 15.1. The van der Waals surface area contributed by atoms with Crippen LogP contribution < -0.4 is 0 Å². The summed E-state index contributed by atoms with van der Waals surface area (Å²) in [7, 11) is 0. The third-order valence-electron chi connectivity index (χ3n) is 3.20. The Morgan fingerprint density at radius 1 is 1.36 bits per heavy atom. The standard InChI is InChI=1S/C13H25N/c1-4-10-14(11-9-12(2)3)13-7-5-6-8-13/h4,12-13H,1,5-11H2,2-3H3. The Morgan fingerprint density at radius 3 is 2.50 bits per heavy atom. The van der Waals surface area contributed by atoms with E-state index in [4.69, 9.17) is 0 Å². The third-order valence-corrected chi connectivity index (χ3v) is 3.20. The maximum atomic E-state index is 3.86. The van der Waals surface area contributed by atoms with E-state index in [0.717, 1.165) is 18.5 Å². The average Bonchev–Trinajstić information content (AvgIpc) is 2.64. The molecule has 0 amide bonds. The Morgan fingerprint density at radius 2 is 2.00 bits per heavy atom. The van der Waals surface area contributed by atoms with Gasteiger partial charge in [0.05, 0.1) is 0 Å². The lowest BCUT2D eigenvalue weighted by molar-refractivity contribution is 0.208. The fourth-order valence-corrected chi connectivity index (χ4v) is 2.28. The zero-order chi connectivity index (χ0) is 10.4. The molecule has 1 nitrogen and oxygen atoms in total. The van der Waals surface area contributed by atoms with Crippen molar-refractivity contribution < 1.29 is 0 Å². The van der Waals surface area contributed by atoms with Gasteiger partial charge in [0.25, 0.3) is 0 Å². The second-order valence-electron chi connectivity index (χ2n) is 4.90. The lowest BCUT2D eigenvalue weighted by atomic mass is 10.1. The molecule has 0 saturated heterocycles. The van der Waals surface area contributed by atoms with Gasteiger partial charge in [0, 0.05) is 12.6 Å². The average molecular weight is 195 g/mol. The lowest BCUT2D eigenvalue weighted by Gasteiger charge is -2.28. The maximum Gasteiger partial charge on any atom is 0.0163 e. The Kier molecular flexibility index (Phi) is 5.24. The van der Waals surface area contributed by atoms with Crippen LogP contribution in [0.3, 0.4) is 0 Å². The summed E-state index contributed by atoms with van der Waals surface area (Å²) in [5.41, 5.74) is 0. The van der Waals surface area contributed by atoms with Crippen molar-refractivity contribution in [2.75, 3.05) is 13.1 Å². The molecule has 0 N–H and O–H groups in total. The molecule has 0 aromatic carbocycles. The minimum absolute atomic E-state index is 0.823. The van der Waals surface area contributed by atoms with E-state index in [9.17, 15) is 0 Å². The first-order valence-electron chi connectivity index (χ1n) is 6.09. The number of hydrogen-bond acceptors (Lipinski definition) is 1. The first-order valence-corrected chi connectivity index (χ1v) is 6.09. The van der Waals surface area contributed by atoms with Crippen molar-refractivity contribution in [1.29, 1.82) is 0 Å². The summed E-state index contributed by atoms with van der Waals surface area (Å²) in [5.74, 6) is 0.823. The summed E-state index contributed by atoms with van der Waals surface area (Å²) in [4.78, 5) is 2.62. The minimum Gasteiger partial charge on any atom is -0.297 e. The van der Waals surface area contributed by atoms with Gasteiger partial charge >= 0.3 is 0 Å². The molecule has 0 aliphatic heterocycles. The monoisotopic (exact) mass is 195 g/mol. The van der Waals surface area contributed by atoms with Crippen molar-refractivity contribution in [3.05, 3.63) is 12.7 Å². The van der Waals surface area contributed by atoms with Crippen LogP contribution in [0.1, 0.15) is 46.0 Å². The van der Waals surface area contributed by atoms with Crippen LogP contribution >= 0.6 is 0 Å². The molecular weight excluding hydrogens is 170 g/mol. The first kappa shape index (κ1) is 11.8. The Bertz CT molecular complexity index is 157. The Balaban J connectivity index is 2.33. The van der Waals surface area contributed by atoms with Crippen LogP contribution in [0.2, 0.25) is 0 Å². The quantitative estimate of drug-likeness (QED) is 0.587. The first-order chi connectivity index (χ1) is 6.74. The van der Waals surface area contributed by atoms with Crippen LogP contribution in [-0.2, 0) is 0 Å². The highest BCUT2D eigenvalue weighted by Crippen LogP contribution is 2.23. The molecule has 1 aliphatic rings. The molecule has 0 atom stereocenters. The molecule has 82 valence electrons. The van der Waals surface area contributed by atoms with Crippen molar-refractivity contribution in [3.8, 4) is 0 Å². The highest BCUT2D eigenvalue weighted by Gasteiger charge is 2.21. The molecule has 0 bridgehead atoms. The lowest BCUT2D eigenvalue weighted by Crippen LogP contribution is -2.34. The van der Waals surface area contributed by atoms with Crippen molar-refractivity contribution in [1.82, 2.24) is 4.90 Å². The molecule has 0 unspecified atom stereocenters. The van der Waals surface area contributed by atoms with Gasteiger partial charge in [0.15, 0.2) is 0 Å². The largest absolute Gasteiger partial charge is 0.297 e. The van der Waals surface area contributed by atoms with Crippen molar-refractivity contribution in [2.45, 2.75) is 52.0 Å². The summed E-state index contributed by atoms with van der Waals surface area (Å²) < 4.78 is 0. The van der Waals surface area contributed by atoms with Gasteiger partial charge in [0.2, 0.25) is 0 Å². The molecule has 0 radical (unpaired) electrons. The summed E-state index contributed by atoms with van der Waals surface area (Å²) in [6.45, 7) is 10.8. The van der Waals surface area contributed by atoms with Gasteiger partial charge in [-0.25, -0.2) is 0 Å². The summed E-state index contributed by atoms with van der Waals surface area (Å²) >= 11 is 0. The molecule has 0 heterocycles. The fraction of sp³-hybridized carbons (Fsp3) is 0.846. The number of rotatable bonds is 6. The Labute approximate surface area is 89.2 Å². The molecule has 0 spiro atoms. The van der Waals surface area contributed by atoms with Gasteiger partial charge in [-0.1, -0.05) is 32.8 Å². The maximum absolute atomic E-state index is 3.86. The van der Waals surface area contributed by atoms with Crippen LogP contribution in [0, 0.1) is 5.92 Å². The fourth-order valence-electron chi connectivity index (χ4n) is 2.28. The third kappa shape index (κ3) is 3.83. The molecule has 14 heavy (non-hydrogen) atoms. The second-order valence-corrected chi connectivity index (χ2v) is 4.90. The molecule has 0 aromatic heterocycles. The second kappa shape index (κ2) is 6.23. The molecule has 1 saturated carbocycles. The van der Waals surface area contributed by atoms with Gasteiger partial charge in [0.1, 0.15) is 0 Å². The smallest absolute Gasteiger partial charge is 0.0163 e. The van der Waals surface area contributed by atoms with Crippen LogP contribution in [0.4, 0.5) is 0 Å². The van der Waals surface area contributed by atoms with Crippen molar-refractivity contribution in [3.63, 3.8) is 0 Å². The summed E-state index contributed by atoms with van der Waals surface area (Å²) in [6.07, 6.45) is 9.06. The van der Waals surface area contributed by atoms with Gasteiger partial charge in [-0.2, -0.15) is 0 Å². The topological polar surface area (TPSA) is 3.24 Å². The zero-order valence-electron chi connectivity index (χ0n) is 9.84. The van der Waals surface area contributed by atoms with Gasteiger partial charge in [-0.3, -0.25) is 4.90 Å². The highest BCUT2D eigenvalue weighted by molar-refractivity contribution is 4.82. The van der Waals surface area contributed by atoms with Gasteiger partial charge < -0.3 is 0 Å².